The molecule has 2 heterocycles. The molecule has 28 heavy (non-hydrogen) atoms. The molecule has 146 valence electrons. The Morgan fingerprint density at radius 1 is 1.29 bits per heavy atom. The number of aromatic nitrogens is 5. The van der Waals surface area contributed by atoms with E-state index in [1.165, 1.54) is 23.1 Å². The Labute approximate surface area is 171 Å². The lowest BCUT2D eigenvalue weighted by atomic mass is 10.2. The maximum Gasteiger partial charge on any atom is 0.236 e. The summed E-state index contributed by atoms with van der Waals surface area (Å²) < 4.78 is 7.40. The van der Waals surface area contributed by atoms with E-state index in [9.17, 15) is 4.79 Å². The molecule has 8 nitrogen and oxygen atoms in total. The largest absolute Gasteiger partial charge is 0.494 e. The van der Waals surface area contributed by atoms with Gasteiger partial charge >= 0.3 is 0 Å². The standard InChI is InChI=1S/C18H20N6O2S2/c1-4-10-24-16(13-6-8-14(9-7-13)26-5-2)21-23-18(24)27-11-15(25)19-17-22-20-12(3)28-17/h4,6-9H,1,5,10-11H2,2-3H3,(H,19,22,25). The highest BCUT2D eigenvalue weighted by atomic mass is 32.2. The Hall–Kier alpha value is -2.72. The summed E-state index contributed by atoms with van der Waals surface area (Å²) >= 11 is 2.64. The number of aryl methyl sites for hydroxylation is 1. The Morgan fingerprint density at radius 2 is 2.07 bits per heavy atom. The van der Waals surface area contributed by atoms with Crippen LogP contribution in [-0.2, 0) is 11.3 Å². The molecule has 0 unspecified atom stereocenters. The van der Waals surface area contributed by atoms with E-state index in [2.05, 4.69) is 32.3 Å². The molecule has 2 aromatic heterocycles. The first-order valence-electron chi connectivity index (χ1n) is 8.60. The zero-order valence-corrected chi connectivity index (χ0v) is 17.2. The minimum atomic E-state index is -0.170. The molecule has 1 aromatic carbocycles. The maximum atomic E-state index is 12.2. The van der Waals surface area contributed by atoms with Crippen molar-refractivity contribution in [2.24, 2.45) is 0 Å². The van der Waals surface area contributed by atoms with Crippen molar-refractivity contribution in [1.82, 2.24) is 25.0 Å². The lowest BCUT2D eigenvalue weighted by Gasteiger charge is -2.08. The third kappa shape index (κ3) is 4.96. The van der Waals surface area contributed by atoms with E-state index in [0.29, 0.717) is 29.3 Å². The van der Waals surface area contributed by atoms with Gasteiger partial charge in [-0.25, -0.2) is 0 Å². The quantitative estimate of drug-likeness (QED) is 0.422. The number of allylic oxidation sites excluding steroid dienone is 1. The number of hydrogen-bond donors (Lipinski definition) is 1. The van der Waals surface area contributed by atoms with Crippen molar-refractivity contribution in [3.63, 3.8) is 0 Å². The van der Waals surface area contributed by atoms with Crippen molar-refractivity contribution in [2.45, 2.75) is 25.5 Å². The fraction of sp³-hybridized carbons (Fsp3) is 0.278. The molecule has 3 aromatic rings. The highest BCUT2D eigenvalue weighted by Gasteiger charge is 2.15. The third-order valence-electron chi connectivity index (χ3n) is 3.56. The maximum absolute atomic E-state index is 12.2. The van der Waals surface area contributed by atoms with E-state index in [-0.39, 0.29) is 11.7 Å². The summed E-state index contributed by atoms with van der Waals surface area (Å²) in [5.41, 5.74) is 0.915. The summed E-state index contributed by atoms with van der Waals surface area (Å²) in [7, 11) is 0. The smallest absolute Gasteiger partial charge is 0.236 e. The van der Waals surface area contributed by atoms with E-state index in [4.69, 9.17) is 4.74 Å². The zero-order valence-electron chi connectivity index (χ0n) is 15.6. The molecule has 0 bridgehead atoms. The summed E-state index contributed by atoms with van der Waals surface area (Å²) in [4.78, 5) is 12.2. The van der Waals surface area contributed by atoms with Crippen LogP contribution >= 0.6 is 23.1 Å². The summed E-state index contributed by atoms with van der Waals surface area (Å²) in [6, 6.07) is 7.67. The van der Waals surface area contributed by atoms with Crippen LogP contribution in [0.4, 0.5) is 5.13 Å². The Balaban J connectivity index is 1.71. The number of rotatable bonds is 9. The van der Waals surface area contributed by atoms with Gasteiger partial charge in [0.05, 0.1) is 12.4 Å². The molecule has 0 fully saturated rings. The van der Waals surface area contributed by atoms with Crippen molar-refractivity contribution in [3.8, 4) is 17.1 Å². The monoisotopic (exact) mass is 416 g/mol. The predicted molar refractivity (Wildman–Crippen MR) is 111 cm³/mol. The molecule has 1 N–H and O–H groups in total. The van der Waals surface area contributed by atoms with Gasteiger partial charge in [-0.1, -0.05) is 29.2 Å². The number of hydrogen-bond acceptors (Lipinski definition) is 8. The van der Waals surface area contributed by atoms with E-state index in [0.717, 1.165) is 16.3 Å². The molecular formula is C18H20N6O2S2. The number of benzene rings is 1. The number of anilines is 1. The van der Waals surface area contributed by atoms with E-state index < -0.39 is 0 Å². The zero-order chi connectivity index (χ0) is 19.9. The minimum Gasteiger partial charge on any atom is -0.494 e. The molecular weight excluding hydrogens is 396 g/mol. The van der Waals surface area contributed by atoms with Crippen LogP contribution in [0.2, 0.25) is 0 Å². The summed E-state index contributed by atoms with van der Waals surface area (Å²) in [5, 5.41) is 21.0. The average Bonchev–Trinajstić information content (AvgIpc) is 3.27. The van der Waals surface area contributed by atoms with Crippen molar-refractivity contribution in [3.05, 3.63) is 41.9 Å². The predicted octanol–water partition coefficient (Wildman–Crippen LogP) is 3.42. The summed E-state index contributed by atoms with van der Waals surface area (Å²) in [5.74, 6) is 1.54. The van der Waals surface area contributed by atoms with Gasteiger partial charge in [0.2, 0.25) is 11.0 Å². The van der Waals surface area contributed by atoms with Gasteiger partial charge in [0.1, 0.15) is 10.8 Å². The number of nitrogens with zero attached hydrogens (tertiary/aromatic N) is 5. The first-order chi connectivity index (χ1) is 13.6. The fourth-order valence-electron chi connectivity index (χ4n) is 2.40. The van der Waals surface area contributed by atoms with Crippen LogP contribution < -0.4 is 10.1 Å². The van der Waals surface area contributed by atoms with Gasteiger partial charge in [0.25, 0.3) is 0 Å². The summed E-state index contributed by atoms with van der Waals surface area (Å²) in [6.45, 7) is 8.74. The third-order valence-corrected chi connectivity index (χ3v) is 5.28. The van der Waals surface area contributed by atoms with Crippen molar-refractivity contribution in [2.75, 3.05) is 17.7 Å². The van der Waals surface area contributed by atoms with Crippen molar-refractivity contribution >= 4 is 34.1 Å². The topological polar surface area (TPSA) is 94.8 Å². The molecule has 0 atom stereocenters. The van der Waals surface area contributed by atoms with E-state index >= 15 is 0 Å². The van der Waals surface area contributed by atoms with Crippen LogP contribution in [0.1, 0.15) is 11.9 Å². The molecule has 0 saturated carbocycles. The van der Waals surface area contributed by atoms with Crippen LogP contribution in [0.5, 0.6) is 5.75 Å². The average molecular weight is 417 g/mol. The first-order valence-corrected chi connectivity index (χ1v) is 10.4. The SMILES string of the molecule is C=CCn1c(SCC(=O)Nc2nnc(C)s2)nnc1-c1ccc(OCC)cc1. The lowest BCUT2D eigenvalue weighted by molar-refractivity contribution is -0.113. The molecule has 0 spiro atoms. The molecule has 1 amide bonds. The lowest BCUT2D eigenvalue weighted by Crippen LogP contribution is -2.14. The summed E-state index contributed by atoms with van der Waals surface area (Å²) in [6.07, 6.45) is 1.77. The molecule has 0 aliphatic heterocycles. The van der Waals surface area contributed by atoms with E-state index in [1.807, 2.05) is 42.7 Å². The van der Waals surface area contributed by atoms with Crippen LogP contribution in [0.3, 0.4) is 0 Å². The molecule has 3 rings (SSSR count). The second-order valence-corrected chi connectivity index (χ2v) is 7.75. The van der Waals surface area contributed by atoms with Crippen molar-refractivity contribution < 1.29 is 9.53 Å². The first kappa shape index (κ1) is 20.0. The van der Waals surface area contributed by atoms with Gasteiger partial charge < -0.3 is 4.74 Å². The normalized spacial score (nSPS) is 10.6. The number of thioether (sulfide) groups is 1. The molecule has 10 heteroatoms. The minimum absolute atomic E-state index is 0.170. The molecule has 0 aliphatic carbocycles. The van der Waals surface area contributed by atoms with Crippen LogP contribution in [0, 0.1) is 6.92 Å². The van der Waals surface area contributed by atoms with Crippen LogP contribution in [-0.4, -0.2) is 43.2 Å². The second-order valence-electron chi connectivity index (χ2n) is 5.63. The number of carbonyl (C=O) groups excluding carboxylic acids is 1. The van der Waals surface area contributed by atoms with E-state index in [1.54, 1.807) is 6.08 Å². The second kappa shape index (κ2) is 9.47. The Bertz CT molecular complexity index is 951. The van der Waals surface area contributed by atoms with Gasteiger partial charge in [-0.15, -0.1) is 27.0 Å². The van der Waals surface area contributed by atoms with Crippen LogP contribution in [0.25, 0.3) is 11.4 Å². The number of amides is 1. The highest BCUT2D eigenvalue weighted by Crippen LogP contribution is 2.26. The molecule has 0 aliphatic rings. The fourth-order valence-corrected chi connectivity index (χ4v) is 3.76. The highest BCUT2D eigenvalue weighted by molar-refractivity contribution is 7.99. The Kier molecular flexibility index (Phi) is 6.77. The van der Waals surface area contributed by atoms with Gasteiger partial charge in [-0.05, 0) is 38.1 Å². The van der Waals surface area contributed by atoms with Gasteiger partial charge in [-0.2, -0.15) is 0 Å². The van der Waals surface area contributed by atoms with Gasteiger partial charge in [-0.3, -0.25) is 14.7 Å². The number of carbonyl (C=O) groups is 1. The van der Waals surface area contributed by atoms with Crippen LogP contribution in [0.15, 0.2) is 42.1 Å². The van der Waals surface area contributed by atoms with Gasteiger partial charge in [0, 0.05) is 12.1 Å². The van der Waals surface area contributed by atoms with Crippen molar-refractivity contribution in [1.29, 1.82) is 0 Å². The molecule has 0 saturated heterocycles. The number of ether oxygens (including phenoxy) is 1. The molecule has 0 radical (unpaired) electrons. The van der Waals surface area contributed by atoms with Gasteiger partial charge in [0.15, 0.2) is 11.0 Å². The Morgan fingerprint density at radius 3 is 2.71 bits per heavy atom. The number of nitrogens with one attached hydrogen (secondary N) is 1.